The van der Waals surface area contributed by atoms with Gasteiger partial charge in [-0.2, -0.15) is 5.10 Å². The maximum atomic E-state index is 12.8. The Hall–Kier alpha value is -3.50. The molecule has 2 aliphatic rings. The molecule has 0 spiro atoms. The van der Waals surface area contributed by atoms with Crippen LogP contribution in [0.3, 0.4) is 0 Å². The summed E-state index contributed by atoms with van der Waals surface area (Å²) in [4.78, 5) is 31.2. The monoisotopic (exact) mass is 563 g/mol. The van der Waals surface area contributed by atoms with Gasteiger partial charge in [0.25, 0.3) is 5.91 Å². The van der Waals surface area contributed by atoms with Gasteiger partial charge in [-0.15, -0.1) is 0 Å². The van der Waals surface area contributed by atoms with Crippen molar-refractivity contribution in [3.8, 4) is 11.3 Å². The normalized spacial score (nSPS) is 17.9. The molecular weight excluding hydrogens is 530 g/mol. The lowest BCUT2D eigenvalue weighted by atomic mass is 10.1. The molecule has 10 heteroatoms. The smallest absolute Gasteiger partial charge is 0.347 e. The third kappa shape index (κ3) is 7.17. The summed E-state index contributed by atoms with van der Waals surface area (Å²) >= 11 is 5.94. The van der Waals surface area contributed by atoms with Crippen LogP contribution in [0.15, 0.2) is 76.2 Å². The lowest BCUT2D eigenvalue weighted by Gasteiger charge is -2.35. The van der Waals surface area contributed by atoms with E-state index in [0.29, 0.717) is 29.6 Å². The predicted octanol–water partition coefficient (Wildman–Crippen LogP) is 4.33. The summed E-state index contributed by atoms with van der Waals surface area (Å²) in [6, 6.07) is 20.2. The summed E-state index contributed by atoms with van der Waals surface area (Å²) in [7, 11) is 0. The third-order valence-electron chi connectivity index (χ3n) is 7.30. The number of aliphatic hydroxyl groups excluding tert-OH is 1. The Morgan fingerprint density at radius 2 is 1.60 bits per heavy atom. The lowest BCUT2D eigenvalue weighted by Crippen LogP contribution is -2.47. The van der Waals surface area contributed by atoms with E-state index in [4.69, 9.17) is 16.0 Å². The molecule has 0 bridgehead atoms. The van der Waals surface area contributed by atoms with E-state index in [1.165, 1.54) is 16.1 Å². The van der Waals surface area contributed by atoms with Crippen LogP contribution < -0.4 is 0 Å². The molecule has 0 radical (unpaired) electrons. The van der Waals surface area contributed by atoms with Gasteiger partial charge < -0.3 is 14.4 Å². The van der Waals surface area contributed by atoms with Crippen LogP contribution in [0.25, 0.3) is 11.3 Å². The van der Waals surface area contributed by atoms with Crippen LogP contribution in [0, 0.1) is 0 Å². The van der Waals surface area contributed by atoms with E-state index in [1.54, 1.807) is 18.2 Å². The molecular formula is C30H34ClN5O4. The Bertz CT molecular complexity index is 1310. The second-order valence-electron chi connectivity index (χ2n) is 10.1. The van der Waals surface area contributed by atoms with Gasteiger partial charge in [-0.1, -0.05) is 41.9 Å². The maximum Gasteiger partial charge on any atom is 0.347 e. The van der Waals surface area contributed by atoms with Gasteiger partial charge in [0.05, 0.1) is 12.3 Å². The number of carbonyl (C=O) groups is 2. The number of aliphatic hydroxyl groups is 1. The molecule has 2 saturated heterocycles. The van der Waals surface area contributed by atoms with Gasteiger partial charge in [0, 0.05) is 49.9 Å². The van der Waals surface area contributed by atoms with Gasteiger partial charge in [0.15, 0.2) is 0 Å². The fourth-order valence-corrected chi connectivity index (χ4v) is 5.11. The molecule has 2 fully saturated rings. The Labute approximate surface area is 239 Å². The van der Waals surface area contributed by atoms with Gasteiger partial charge in [0.2, 0.25) is 0 Å². The molecule has 40 heavy (non-hydrogen) atoms. The van der Waals surface area contributed by atoms with E-state index in [0.717, 1.165) is 56.7 Å². The van der Waals surface area contributed by atoms with Crippen LogP contribution in [0.2, 0.25) is 5.02 Å². The number of halogens is 1. The van der Waals surface area contributed by atoms with Crippen molar-refractivity contribution in [1.29, 1.82) is 0 Å². The minimum Gasteiger partial charge on any atom is -0.455 e. The average molecular weight is 564 g/mol. The molecule has 1 N–H and O–H groups in total. The highest BCUT2D eigenvalue weighted by Gasteiger charge is 2.35. The fourth-order valence-electron chi connectivity index (χ4n) is 4.98. The number of urea groups is 1. The zero-order valence-electron chi connectivity index (χ0n) is 22.4. The van der Waals surface area contributed by atoms with Gasteiger partial charge in [-0.25, -0.2) is 9.80 Å². The summed E-state index contributed by atoms with van der Waals surface area (Å²) in [5.41, 5.74) is 1.83. The van der Waals surface area contributed by atoms with Gasteiger partial charge in [-0.3, -0.25) is 14.6 Å². The highest BCUT2D eigenvalue weighted by Crippen LogP contribution is 2.23. The maximum absolute atomic E-state index is 12.8. The number of piperazine rings is 1. The minimum atomic E-state index is -0.474. The highest BCUT2D eigenvalue weighted by molar-refractivity contribution is 6.30. The molecule has 3 heterocycles. The largest absolute Gasteiger partial charge is 0.455 e. The summed E-state index contributed by atoms with van der Waals surface area (Å²) in [6.45, 7) is 5.58. The first kappa shape index (κ1) is 28.0. The SMILES string of the molecule is O=C1CN(/N=C/c2ccc(-c3ccc(Cl)cc3)o2)C(=O)N1CCCCN1CCN(C[C@@H](O)c2ccccc2)CC1. The molecule has 2 aromatic carbocycles. The molecule has 3 aromatic rings. The number of carbonyl (C=O) groups excluding carboxylic acids is 2. The number of rotatable bonds is 11. The summed E-state index contributed by atoms with van der Waals surface area (Å²) in [5.74, 6) is 0.905. The average Bonchev–Trinajstić information content (AvgIpc) is 3.55. The van der Waals surface area contributed by atoms with Gasteiger partial charge in [-0.05, 0) is 61.3 Å². The van der Waals surface area contributed by atoms with Crippen molar-refractivity contribution in [2.24, 2.45) is 5.10 Å². The van der Waals surface area contributed by atoms with E-state index < -0.39 is 12.1 Å². The van der Waals surface area contributed by atoms with Crippen molar-refractivity contribution in [3.05, 3.63) is 83.1 Å². The van der Waals surface area contributed by atoms with Crippen molar-refractivity contribution in [1.82, 2.24) is 19.7 Å². The first-order valence-electron chi connectivity index (χ1n) is 13.7. The summed E-state index contributed by atoms with van der Waals surface area (Å²) in [5, 5.41) is 16.5. The lowest BCUT2D eigenvalue weighted by molar-refractivity contribution is -0.125. The first-order chi connectivity index (χ1) is 19.5. The molecule has 2 aliphatic heterocycles. The quantitative estimate of drug-likeness (QED) is 0.212. The molecule has 210 valence electrons. The molecule has 0 aliphatic carbocycles. The van der Waals surface area contributed by atoms with E-state index in [2.05, 4.69) is 14.9 Å². The molecule has 0 unspecified atom stereocenters. The molecule has 3 amide bonds. The zero-order valence-corrected chi connectivity index (χ0v) is 23.1. The Balaban J connectivity index is 1.01. The molecule has 0 saturated carbocycles. The number of nitrogens with zero attached hydrogens (tertiary/aromatic N) is 5. The van der Waals surface area contributed by atoms with Crippen molar-refractivity contribution >= 4 is 29.8 Å². The highest BCUT2D eigenvalue weighted by atomic mass is 35.5. The number of hydrogen-bond acceptors (Lipinski definition) is 7. The van der Waals surface area contributed by atoms with Crippen molar-refractivity contribution in [2.45, 2.75) is 18.9 Å². The number of hydrazone groups is 1. The third-order valence-corrected chi connectivity index (χ3v) is 7.56. The van der Waals surface area contributed by atoms with Crippen LogP contribution in [0.5, 0.6) is 0 Å². The van der Waals surface area contributed by atoms with E-state index >= 15 is 0 Å². The topological polar surface area (TPSA) is 92.8 Å². The standard InChI is InChI=1S/C30H34ClN5O4/c31-25-10-8-24(9-11-25)28-13-12-26(40-28)20-32-36-22-29(38)35(30(36)39)15-5-4-14-33-16-18-34(19-17-33)21-27(37)23-6-2-1-3-7-23/h1-3,6-13,20,27,37H,4-5,14-19,21-22H2/b32-20+/t27-/m1/s1. The van der Waals surface area contributed by atoms with Crippen molar-refractivity contribution in [2.75, 3.05) is 52.4 Å². The molecule has 9 nitrogen and oxygen atoms in total. The van der Waals surface area contributed by atoms with E-state index in [-0.39, 0.29) is 12.5 Å². The number of benzene rings is 2. The second-order valence-corrected chi connectivity index (χ2v) is 10.6. The second kappa shape index (κ2) is 13.2. The van der Waals surface area contributed by atoms with Gasteiger partial charge >= 0.3 is 6.03 Å². The zero-order chi connectivity index (χ0) is 27.9. The van der Waals surface area contributed by atoms with Crippen LogP contribution in [0.1, 0.15) is 30.3 Å². The Morgan fingerprint density at radius 3 is 2.35 bits per heavy atom. The van der Waals surface area contributed by atoms with E-state index in [1.807, 2.05) is 48.5 Å². The molecule has 5 rings (SSSR count). The number of β-amino-alcohol motifs (C(OH)–C–C–N with tert-alkyl or cyclic N) is 1. The minimum absolute atomic E-state index is 0.0725. The van der Waals surface area contributed by atoms with Crippen LogP contribution in [-0.2, 0) is 4.79 Å². The Morgan fingerprint density at radius 1 is 0.900 bits per heavy atom. The number of amides is 3. The summed E-state index contributed by atoms with van der Waals surface area (Å²) in [6.07, 6.45) is 2.61. The predicted molar refractivity (Wildman–Crippen MR) is 154 cm³/mol. The number of unbranched alkanes of at least 4 members (excludes halogenated alkanes) is 1. The fraction of sp³-hybridized carbons (Fsp3) is 0.367. The van der Waals surface area contributed by atoms with Gasteiger partial charge in [0.1, 0.15) is 18.1 Å². The van der Waals surface area contributed by atoms with Crippen LogP contribution >= 0.6 is 11.6 Å². The number of hydrogen-bond donors (Lipinski definition) is 1. The Kier molecular flexibility index (Phi) is 9.28. The van der Waals surface area contributed by atoms with E-state index in [9.17, 15) is 14.7 Å². The van der Waals surface area contributed by atoms with Crippen LogP contribution in [-0.4, -0.2) is 95.3 Å². The van der Waals surface area contributed by atoms with Crippen molar-refractivity contribution < 1.29 is 19.1 Å². The van der Waals surface area contributed by atoms with Crippen LogP contribution in [0.4, 0.5) is 4.79 Å². The number of imide groups is 1. The first-order valence-corrected chi connectivity index (χ1v) is 14.0. The van der Waals surface area contributed by atoms with Crippen molar-refractivity contribution in [3.63, 3.8) is 0 Å². The number of furan rings is 1. The molecule has 1 aromatic heterocycles. The molecule has 1 atom stereocenters. The summed E-state index contributed by atoms with van der Waals surface area (Å²) < 4.78 is 5.79.